The lowest BCUT2D eigenvalue weighted by Crippen LogP contribution is -2.07. The maximum Gasteiger partial charge on any atom is 0.417 e. The van der Waals surface area contributed by atoms with E-state index in [2.05, 4.69) is 5.10 Å². The number of hydrogen-bond donors (Lipinski definition) is 0. The summed E-state index contributed by atoms with van der Waals surface area (Å²) in [6.07, 6.45) is -4.10. The number of hydrogen-bond acceptors (Lipinski definition) is 1. The molecule has 0 saturated heterocycles. The fraction of sp³-hybridized carbons (Fsp3) is 0.174. The SMILES string of the molecule is CCc1cc(C)c(-n2nc(-c3ccccc3C(F)(F)F)c3cc(F)ccc32)cc1F. The standard InChI is InChI=1S/C23H17F5N2/c1-3-14-10-13(2)21(12-19(14)25)30-20-9-8-15(24)11-17(20)22(29-30)16-6-4-5-7-18(16)23(26,27)28/h4-12H,3H2,1-2H3. The molecule has 4 rings (SSSR count). The van der Waals surface area contributed by atoms with Crippen LogP contribution in [0.15, 0.2) is 54.6 Å². The molecular formula is C23H17F5N2. The van der Waals surface area contributed by atoms with Gasteiger partial charge in [-0.3, -0.25) is 0 Å². The van der Waals surface area contributed by atoms with Crippen molar-refractivity contribution in [1.29, 1.82) is 0 Å². The highest BCUT2D eigenvalue weighted by molar-refractivity contribution is 5.95. The summed E-state index contributed by atoms with van der Waals surface area (Å²) >= 11 is 0. The Labute approximate surface area is 169 Å². The smallest absolute Gasteiger partial charge is 0.232 e. The zero-order valence-corrected chi connectivity index (χ0v) is 16.2. The normalized spacial score (nSPS) is 12.0. The zero-order chi connectivity index (χ0) is 21.6. The van der Waals surface area contributed by atoms with E-state index in [-0.39, 0.29) is 16.6 Å². The largest absolute Gasteiger partial charge is 0.417 e. The monoisotopic (exact) mass is 416 g/mol. The summed E-state index contributed by atoms with van der Waals surface area (Å²) in [6.45, 7) is 3.60. The first kappa shape index (κ1) is 20.1. The van der Waals surface area contributed by atoms with E-state index in [1.807, 2.05) is 6.92 Å². The number of fused-ring (bicyclic) bond motifs is 1. The molecule has 4 aromatic rings. The van der Waals surface area contributed by atoms with Crippen molar-refractivity contribution in [2.24, 2.45) is 0 Å². The molecule has 0 aliphatic heterocycles. The molecule has 1 heterocycles. The fourth-order valence-electron chi connectivity index (χ4n) is 3.64. The Morgan fingerprint density at radius 3 is 2.40 bits per heavy atom. The van der Waals surface area contributed by atoms with Gasteiger partial charge in [0.1, 0.15) is 17.3 Å². The Morgan fingerprint density at radius 1 is 0.967 bits per heavy atom. The Morgan fingerprint density at radius 2 is 1.70 bits per heavy atom. The molecule has 0 unspecified atom stereocenters. The minimum absolute atomic E-state index is 0.0169. The second kappa shape index (κ2) is 7.23. The van der Waals surface area contributed by atoms with Crippen molar-refractivity contribution in [2.45, 2.75) is 26.4 Å². The highest BCUT2D eigenvalue weighted by Crippen LogP contribution is 2.39. The van der Waals surface area contributed by atoms with Crippen molar-refractivity contribution < 1.29 is 22.0 Å². The van der Waals surface area contributed by atoms with Crippen molar-refractivity contribution in [2.75, 3.05) is 0 Å². The van der Waals surface area contributed by atoms with Gasteiger partial charge >= 0.3 is 6.18 Å². The molecular weight excluding hydrogens is 399 g/mol. The van der Waals surface area contributed by atoms with Crippen LogP contribution >= 0.6 is 0 Å². The molecule has 3 aromatic carbocycles. The van der Waals surface area contributed by atoms with Crippen LogP contribution in [0.3, 0.4) is 0 Å². The molecule has 0 radical (unpaired) electrons. The summed E-state index contributed by atoms with van der Waals surface area (Å²) in [6, 6.07) is 11.8. The fourth-order valence-corrected chi connectivity index (χ4v) is 3.64. The number of aryl methyl sites for hydroxylation is 2. The molecule has 2 nitrogen and oxygen atoms in total. The van der Waals surface area contributed by atoms with E-state index in [4.69, 9.17) is 0 Å². The van der Waals surface area contributed by atoms with Crippen molar-refractivity contribution in [3.63, 3.8) is 0 Å². The Kier molecular flexibility index (Phi) is 4.84. The van der Waals surface area contributed by atoms with Crippen molar-refractivity contribution in [3.05, 3.63) is 82.9 Å². The van der Waals surface area contributed by atoms with E-state index < -0.39 is 23.4 Å². The topological polar surface area (TPSA) is 17.8 Å². The molecule has 0 bridgehead atoms. The van der Waals surface area contributed by atoms with E-state index >= 15 is 0 Å². The maximum absolute atomic E-state index is 14.5. The number of nitrogens with zero attached hydrogens (tertiary/aromatic N) is 2. The summed E-state index contributed by atoms with van der Waals surface area (Å²) in [5.41, 5.74) is 0.954. The summed E-state index contributed by atoms with van der Waals surface area (Å²) in [5.74, 6) is -1.03. The number of rotatable bonds is 3. The molecule has 0 spiro atoms. The average Bonchev–Trinajstić information content (AvgIpc) is 3.07. The van der Waals surface area contributed by atoms with E-state index in [0.29, 0.717) is 28.8 Å². The van der Waals surface area contributed by atoms with Gasteiger partial charge < -0.3 is 0 Å². The molecule has 7 heteroatoms. The summed E-state index contributed by atoms with van der Waals surface area (Å²) in [5, 5.41) is 4.60. The molecule has 0 atom stereocenters. The lowest BCUT2D eigenvalue weighted by Gasteiger charge is -2.12. The summed E-state index contributed by atoms with van der Waals surface area (Å²) in [4.78, 5) is 0. The van der Waals surface area contributed by atoms with Crippen LogP contribution in [0.5, 0.6) is 0 Å². The van der Waals surface area contributed by atoms with Gasteiger partial charge in [0.15, 0.2) is 0 Å². The predicted octanol–water partition coefficient (Wildman–Crippen LogP) is 6.86. The zero-order valence-electron chi connectivity index (χ0n) is 16.2. The van der Waals surface area contributed by atoms with Crippen LogP contribution in [0.2, 0.25) is 0 Å². The molecule has 0 fully saturated rings. The molecule has 0 N–H and O–H groups in total. The van der Waals surface area contributed by atoms with Gasteiger partial charge in [0, 0.05) is 17.0 Å². The lowest BCUT2D eigenvalue weighted by molar-refractivity contribution is -0.137. The minimum atomic E-state index is -4.61. The molecule has 30 heavy (non-hydrogen) atoms. The molecule has 0 aliphatic carbocycles. The van der Waals surface area contributed by atoms with Crippen molar-refractivity contribution in [3.8, 4) is 16.9 Å². The van der Waals surface area contributed by atoms with Crippen LogP contribution in [0.4, 0.5) is 22.0 Å². The third-order valence-corrected chi connectivity index (χ3v) is 5.10. The molecule has 0 saturated carbocycles. The molecule has 154 valence electrons. The number of halogens is 5. The third kappa shape index (κ3) is 3.34. The van der Waals surface area contributed by atoms with Gasteiger partial charge in [-0.1, -0.05) is 31.2 Å². The average molecular weight is 416 g/mol. The van der Waals surface area contributed by atoms with Crippen LogP contribution in [0.25, 0.3) is 27.8 Å². The Hall–Kier alpha value is -3.22. The molecule has 0 aliphatic rings. The van der Waals surface area contributed by atoms with Crippen LogP contribution in [0, 0.1) is 18.6 Å². The van der Waals surface area contributed by atoms with Crippen LogP contribution in [-0.4, -0.2) is 9.78 Å². The van der Waals surface area contributed by atoms with Crippen molar-refractivity contribution in [1.82, 2.24) is 9.78 Å². The van der Waals surface area contributed by atoms with Crippen LogP contribution in [-0.2, 0) is 12.6 Å². The number of benzene rings is 3. The summed E-state index contributed by atoms with van der Waals surface area (Å²) in [7, 11) is 0. The van der Waals surface area contributed by atoms with Gasteiger partial charge in [-0.25, -0.2) is 13.5 Å². The highest BCUT2D eigenvalue weighted by atomic mass is 19.4. The lowest BCUT2D eigenvalue weighted by atomic mass is 10.0. The minimum Gasteiger partial charge on any atom is -0.232 e. The van der Waals surface area contributed by atoms with Crippen molar-refractivity contribution >= 4 is 10.9 Å². The molecule has 1 aromatic heterocycles. The Bertz CT molecular complexity index is 1250. The van der Waals surface area contributed by atoms with E-state index in [1.54, 1.807) is 13.0 Å². The van der Waals surface area contributed by atoms with Gasteiger partial charge in [-0.2, -0.15) is 18.3 Å². The quantitative estimate of drug-likeness (QED) is 0.334. The van der Waals surface area contributed by atoms with Crippen LogP contribution in [0.1, 0.15) is 23.6 Å². The first-order valence-electron chi connectivity index (χ1n) is 9.35. The molecule has 0 amide bonds. The maximum atomic E-state index is 14.5. The van der Waals surface area contributed by atoms with Gasteiger partial charge in [-0.15, -0.1) is 0 Å². The first-order chi connectivity index (χ1) is 14.2. The predicted molar refractivity (Wildman–Crippen MR) is 106 cm³/mol. The van der Waals surface area contributed by atoms with Crippen LogP contribution < -0.4 is 0 Å². The number of alkyl halides is 3. The second-order valence-corrected chi connectivity index (χ2v) is 7.05. The van der Waals surface area contributed by atoms with Gasteiger partial charge in [0.2, 0.25) is 0 Å². The highest BCUT2D eigenvalue weighted by Gasteiger charge is 2.34. The van der Waals surface area contributed by atoms with Gasteiger partial charge in [-0.05, 0) is 48.7 Å². The van der Waals surface area contributed by atoms with Gasteiger partial charge in [0.05, 0.1) is 16.8 Å². The van der Waals surface area contributed by atoms with E-state index in [1.165, 1.54) is 41.1 Å². The number of aromatic nitrogens is 2. The van der Waals surface area contributed by atoms with Gasteiger partial charge in [0.25, 0.3) is 0 Å². The van der Waals surface area contributed by atoms with E-state index in [9.17, 15) is 22.0 Å². The second-order valence-electron chi connectivity index (χ2n) is 7.05. The van der Waals surface area contributed by atoms with E-state index in [0.717, 1.165) is 12.1 Å². The third-order valence-electron chi connectivity index (χ3n) is 5.10. The first-order valence-corrected chi connectivity index (χ1v) is 9.35. The Balaban J connectivity index is 2.05. The summed E-state index contributed by atoms with van der Waals surface area (Å²) < 4.78 is 70.6.